The number of hydrogen-bond donors (Lipinski definition) is 0. The number of fused-ring (bicyclic) bond motifs is 4. The van der Waals surface area contributed by atoms with Crippen LogP contribution in [0.1, 0.15) is 44.1 Å². The van der Waals surface area contributed by atoms with Crippen molar-refractivity contribution in [1.29, 1.82) is 0 Å². The van der Waals surface area contributed by atoms with E-state index in [-0.39, 0.29) is 12.1 Å². The van der Waals surface area contributed by atoms with Gasteiger partial charge in [-0.05, 0) is 115 Å². The van der Waals surface area contributed by atoms with Crippen LogP contribution in [0.25, 0.3) is 0 Å². The van der Waals surface area contributed by atoms with Gasteiger partial charge < -0.3 is 9.47 Å². The molecule has 0 amide bonds. The van der Waals surface area contributed by atoms with Gasteiger partial charge in [0, 0.05) is 15.5 Å². The van der Waals surface area contributed by atoms with Crippen molar-refractivity contribution < 1.29 is 9.47 Å². The molecule has 3 aromatic carbocycles. The Morgan fingerprint density at radius 3 is 1.64 bits per heavy atom. The molecule has 0 saturated heterocycles. The van der Waals surface area contributed by atoms with Gasteiger partial charge in [0.15, 0.2) is 0 Å². The summed E-state index contributed by atoms with van der Waals surface area (Å²) in [5, 5.41) is 1.39. The second-order valence-electron chi connectivity index (χ2n) is 11.1. The SMILES string of the molecule is Clc1ccc2c(c1)Oc1cc(C34CC5CC(CC(C5)C3)C4)cc3c1B2c1ccc(Cl)cc1O3. The molecular weight excluding hydrogens is 450 g/mol. The highest BCUT2D eigenvalue weighted by atomic mass is 35.5. The van der Waals surface area contributed by atoms with E-state index in [1.54, 1.807) is 0 Å². The molecule has 4 bridgehead atoms. The van der Waals surface area contributed by atoms with Gasteiger partial charge in [-0.15, -0.1) is 0 Å². The first-order chi connectivity index (χ1) is 16.0. The molecule has 4 aliphatic carbocycles. The molecule has 0 aromatic heterocycles. The molecule has 6 aliphatic rings. The lowest BCUT2D eigenvalue weighted by atomic mass is 9.34. The van der Waals surface area contributed by atoms with Gasteiger partial charge in [0.05, 0.1) is 0 Å². The Labute approximate surface area is 204 Å². The van der Waals surface area contributed by atoms with Crippen LogP contribution in [0.4, 0.5) is 0 Å². The van der Waals surface area contributed by atoms with E-state index in [1.165, 1.54) is 44.1 Å². The Hall–Kier alpha value is -2.10. The minimum atomic E-state index is 0.0578. The van der Waals surface area contributed by atoms with Crippen molar-refractivity contribution in [3.05, 3.63) is 64.1 Å². The van der Waals surface area contributed by atoms with E-state index >= 15 is 0 Å². The van der Waals surface area contributed by atoms with Crippen LogP contribution in [0.2, 0.25) is 10.0 Å². The standard InChI is InChI=1S/C28H23BCl2O2/c30-19-1-3-21-23(10-19)32-25-8-18(28-12-15-5-16(13-28)7-17(6-15)14-28)9-26-27(25)29(21)22-4-2-20(31)11-24(22)33-26/h1-4,8-11,15-17H,5-7,12-14H2. The molecule has 5 heteroatoms. The fourth-order valence-electron chi connectivity index (χ4n) is 8.21. The fourth-order valence-corrected chi connectivity index (χ4v) is 8.53. The average molecular weight is 473 g/mol. The maximum absolute atomic E-state index is 6.56. The summed E-state index contributed by atoms with van der Waals surface area (Å²) in [4.78, 5) is 0. The topological polar surface area (TPSA) is 18.5 Å². The highest BCUT2D eigenvalue weighted by molar-refractivity contribution is 6.98. The molecule has 2 heterocycles. The summed E-state index contributed by atoms with van der Waals surface area (Å²) in [6.07, 6.45) is 8.24. The first-order valence-corrected chi connectivity index (χ1v) is 12.9. The van der Waals surface area contributed by atoms with E-state index < -0.39 is 0 Å². The zero-order valence-electron chi connectivity index (χ0n) is 18.2. The summed E-state index contributed by atoms with van der Waals surface area (Å²) in [6.45, 7) is 0.0578. The van der Waals surface area contributed by atoms with Crippen molar-refractivity contribution in [2.45, 2.75) is 43.9 Å². The van der Waals surface area contributed by atoms with Gasteiger partial charge in [-0.3, -0.25) is 0 Å². The van der Waals surface area contributed by atoms with Crippen molar-refractivity contribution in [2.75, 3.05) is 0 Å². The Morgan fingerprint density at radius 1 is 0.667 bits per heavy atom. The zero-order chi connectivity index (χ0) is 21.9. The number of benzene rings is 3. The maximum Gasteiger partial charge on any atom is 0.260 e. The zero-order valence-corrected chi connectivity index (χ0v) is 19.8. The Balaban J connectivity index is 1.35. The van der Waals surface area contributed by atoms with Crippen molar-refractivity contribution in [3.8, 4) is 23.0 Å². The van der Waals surface area contributed by atoms with E-state index in [9.17, 15) is 0 Å². The average Bonchev–Trinajstić information content (AvgIpc) is 2.77. The van der Waals surface area contributed by atoms with Gasteiger partial charge >= 0.3 is 0 Å². The summed E-state index contributed by atoms with van der Waals surface area (Å²) >= 11 is 12.8. The normalized spacial score (nSPS) is 29.6. The van der Waals surface area contributed by atoms with Crippen LogP contribution in [0.15, 0.2) is 48.5 Å². The lowest BCUT2D eigenvalue weighted by Crippen LogP contribution is -2.57. The van der Waals surface area contributed by atoms with Crippen LogP contribution < -0.4 is 25.9 Å². The highest BCUT2D eigenvalue weighted by Crippen LogP contribution is 2.61. The van der Waals surface area contributed by atoms with E-state index in [2.05, 4.69) is 24.3 Å². The predicted octanol–water partition coefficient (Wildman–Crippen LogP) is 6.19. The monoisotopic (exact) mass is 472 g/mol. The molecule has 9 rings (SSSR count). The van der Waals surface area contributed by atoms with Crippen LogP contribution in [-0.2, 0) is 5.41 Å². The fraction of sp³-hybridized carbons (Fsp3) is 0.357. The molecule has 164 valence electrons. The Kier molecular flexibility index (Phi) is 3.80. The molecular formula is C28H23BCl2O2. The van der Waals surface area contributed by atoms with Gasteiger partial charge in [-0.1, -0.05) is 35.3 Å². The molecule has 0 N–H and O–H groups in total. The maximum atomic E-state index is 6.56. The molecule has 2 aliphatic heterocycles. The van der Waals surface area contributed by atoms with Crippen LogP contribution in [0, 0.1) is 17.8 Å². The molecule has 0 spiro atoms. The van der Waals surface area contributed by atoms with E-state index in [0.717, 1.165) is 57.1 Å². The van der Waals surface area contributed by atoms with E-state index in [1.807, 2.05) is 24.3 Å². The predicted molar refractivity (Wildman–Crippen MR) is 134 cm³/mol. The summed E-state index contributed by atoms with van der Waals surface area (Å²) in [5.41, 5.74) is 5.06. The summed E-state index contributed by atoms with van der Waals surface area (Å²) in [6, 6.07) is 16.6. The minimum absolute atomic E-state index is 0.0578. The number of ether oxygens (including phenoxy) is 2. The third-order valence-electron chi connectivity index (χ3n) is 9.06. The summed E-state index contributed by atoms with van der Waals surface area (Å²) in [7, 11) is 0. The first-order valence-electron chi connectivity index (χ1n) is 12.2. The molecule has 4 saturated carbocycles. The molecule has 33 heavy (non-hydrogen) atoms. The number of rotatable bonds is 1. The summed E-state index contributed by atoms with van der Waals surface area (Å²) in [5.74, 6) is 6.21. The second-order valence-corrected chi connectivity index (χ2v) is 12.0. The van der Waals surface area contributed by atoms with Gasteiger partial charge in [0.25, 0.3) is 6.71 Å². The molecule has 0 unspecified atom stereocenters. The Morgan fingerprint density at radius 2 is 1.15 bits per heavy atom. The van der Waals surface area contributed by atoms with E-state index in [0.29, 0.717) is 10.0 Å². The van der Waals surface area contributed by atoms with Crippen LogP contribution in [0.3, 0.4) is 0 Å². The first kappa shape index (κ1) is 19.2. The van der Waals surface area contributed by atoms with Crippen LogP contribution in [-0.4, -0.2) is 6.71 Å². The van der Waals surface area contributed by atoms with E-state index in [4.69, 9.17) is 32.7 Å². The van der Waals surface area contributed by atoms with Crippen molar-refractivity contribution in [2.24, 2.45) is 17.8 Å². The minimum Gasteiger partial charge on any atom is -0.458 e. The smallest absolute Gasteiger partial charge is 0.260 e. The Bertz CT molecular complexity index is 1240. The van der Waals surface area contributed by atoms with Gasteiger partial charge in [0.1, 0.15) is 23.0 Å². The second kappa shape index (κ2) is 6.52. The van der Waals surface area contributed by atoms with Crippen LogP contribution in [0.5, 0.6) is 23.0 Å². The number of hydrogen-bond acceptors (Lipinski definition) is 2. The molecule has 2 nitrogen and oxygen atoms in total. The van der Waals surface area contributed by atoms with Gasteiger partial charge in [0.2, 0.25) is 0 Å². The lowest BCUT2D eigenvalue weighted by molar-refractivity contribution is -0.00531. The molecule has 0 radical (unpaired) electrons. The third-order valence-corrected chi connectivity index (χ3v) is 9.53. The summed E-state index contributed by atoms with van der Waals surface area (Å²) < 4.78 is 13.1. The molecule has 3 aromatic rings. The quantitative estimate of drug-likeness (QED) is 0.271. The third kappa shape index (κ3) is 2.70. The highest BCUT2D eigenvalue weighted by Gasteiger charge is 2.52. The van der Waals surface area contributed by atoms with Crippen molar-refractivity contribution in [1.82, 2.24) is 0 Å². The largest absolute Gasteiger partial charge is 0.458 e. The number of halogens is 2. The lowest BCUT2D eigenvalue weighted by Gasteiger charge is -2.57. The van der Waals surface area contributed by atoms with Gasteiger partial charge in [-0.2, -0.15) is 0 Å². The molecule has 4 fully saturated rings. The van der Waals surface area contributed by atoms with Crippen LogP contribution >= 0.6 is 23.2 Å². The van der Waals surface area contributed by atoms with Gasteiger partial charge in [-0.25, -0.2) is 0 Å². The van der Waals surface area contributed by atoms with Crippen molar-refractivity contribution >= 4 is 46.3 Å². The molecule has 0 atom stereocenters. The van der Waals surface area contributed by atoms with Crippen molar-refractivity contribution in [3.63, 3.8) is 0 Å².